The maximum atomic E-state index is 11.9. The van der Waals surface area contributed by atoms with Crippen molar-refractivity contribution in [2.45, 2.75) is 26.4 Å². The molecule has 6 heteroatoms. The smallest absolute Gasteiger partial charge is 0.177 e. The lowest BCUT2D eigenvalue weighted by Gasteiger charge is -2.17. The Morgan fingerprint density at radius 1 is 1.18 bits per heavy atom. The lowest BCUT2D eigenvalue weighted by Crippen LogP contribution is -2.22. The van der Waals surface area contributed by atoms with Crippen LogP contribution in [0.2, 0.25) is 0 Å². The second-order valence-corrected chi connectivity index (χ2v) is 6.91. The monoisotopic (exact) mass is 373 g/mol. The molecule has 2 aromatic heterocycles. The van der Waals surface area contributed by atoms with Crippen molar-refractivity contribution < 1.29 is 4.79 Å². The lowest BCUT2D eigenvalue weighted by molar-refractivity contribution is 0.0997. The minimum atomic E-state index is -0.205. The van der Waals surface area contributed by atoms with Crippen LogP contribution < -0.4 is 0 Å². The lowest BCUT2D eigenvalue weighted by atomic mass is 10.1. The van der Waals surface area contributed by atoms with Crippen LogP contribution in [0.15, 0.2) is 55.1 Å². The first kappa shape index (κ1) is 19.5. The predicted molar refractivity (Wildman–Crippen MR) is 108 cm³/mol. The molecule has 0 aliphatic heterocycles. The van der Waals surface area contributed by atoms with Gasteiger partial charge in [-0.15, -0.1) is 0 Å². The molecule has 0 N–H and O–H groups in total. The van der Waals surface area contributed by atoms with E-state index in [2.05, 4.69) is 53.1 Å². The Balaban J connectivity index is 1.60. The molecule has 0 saturated heterocycles. The zero-order chi connectivity index (χ0) is 19.9. The van der Waals surface area contributed by atoms with Crippen molar-refractivity contribution in [1.29, 1.82) is 5.26 Å². The molecule has 6 nitrogen and oxygen atoms in total. The van der Waals surface area contributed by atoms with Crippen LogP contribution in [0, 0.1) is 18.3 Å². The summed E-state index contributed by atoms with van der Waals surface area (Å²) in [5, 5.41) is 8.69. The molecule has 0 atom stereocenters. The van der Waals surface area contributed by atoms with Crippen LogP contribution in [0.3, 0.4) is 0 Å². The normalized spacial score (nSPS) is 10.8. The van der Waals surface area contributed by atoms with Gasteiger partial charge in [0.1, 0.15) is 5.69 Å². The van der Waals surface area contributed by atoms with Crippen molar-refractivity contribution >= 4 is 5.78 Å². The quantitative estimate of drug-likeness (QED) is 0.565. The highest BCUT2D eigenvalue weighted by molar-refractivity contribution is 5.97. The second-order valence-electron chi connectivity index (χ2n) is 6.91. The number of rotatable bonds is 8. The number of Topliss-reactive ketones (excluding diaryl/α,β-unsaturated/α-hetero) is 1. The molecular weight excluding hydrogens is 350 g/mol. The summed E-state index contributed by atoms with van der Waals surface area (Å²) in [6, 6.07) is 13.8. The number of ketones is 1. The number of hydrogen-bond donors (Lipinski definition) is 0. The molecule has 0 saturated carbocycles. The summed E-state index contributed by atoms with van der Waals surface area (Å²) in [6.07, 6.45) is 5.15. The molecular formula is C22H23N5O. The van der Waals surface area contributed by atoms with Crippen LogP contribution in [0.1, 0.15) is 27.9 Å². The predicted octanol–water partition coefficient (Wildman–Crippen LogP) is 3.48. The highest BCUT2D eigenvalue weighted by Gasteiger charge is 2.10. The van der Waals surface area contributed by atoms with Gasteiger partial charge in [0.25, 0.3) is 0 Å². The topological polar surface area (TPSA) is 74.8 Å². The minimum absolute atomic E-state index is 0.134. The fraction of sp³-hybridized carbons (Fsp3) is 0.273. The van der Waals surface area contributed by atoms with Crippen LogP contribution >= 0.6 is 0 Å². The Kier molecular flexibility index (Phi) is 6.30. The molecule has 0 fully saturated rings. The Bertz CT molecular complexity index is 985. The molecule has 0 amide bonds. The molecule has 0 radical (unpaired) electrons. The molecule has 0 unspecified atom stereocenters. The highest BCUT2D eigenvalue weighted by Crippen LogP contribution is 2.16. The molecule has 0 bridgehead atoms. The average Bonchev–Trinajstić information content (AvgIpc) is 3.18. The number of hydrogen-bond acceptors (Lipinski definition) is 5. The molecule has 1 aromatic carbocycles. The van der Waals surface area contributed by atoms with Crippen molar-refractivity contribution in [2.75, 3.05) is 13.6 Å². The van der Waals surface area contributed by atoms with Gasteiger partial charge in [-0.3, -0.25) is 9.78 Å². The van der Waals surface area contributed by atoms with Gasteiger partial charge in [-0.1, -0.05) is 29.8 Å². The highest BCUT2D eigenvalue weighted by atomic mass is 16.1. The van der Waals surface area contributed by atoms with Crippen LogP contribution in [-0.2, 0) is 13.1 Å². The molecule has 0 aliphatic carbocycles. The van der Waals surface area contributed by atoms with E-state index in [0.29, 0.717) is 17.0 Å². The summed E-state index contributed by atoms with van der Waals surface area (Å²) in [6.45, 7) is 4.68. The molecule has 3 aromatic rings. The number of carbonyl (C=O) groups excluding carboxylic acids is 1. The molecule has 2 heterocycles. The van der Waals surface area contributed by atoms with Gasteiger partial charge >= 0.3 is 0 Å². The van der Waals surface area contributed by atoms with E-state index in [1.165, 1.54) is 11.1 Å². The number of benzene rings is 1. The van der Waals surface area contributed by atoms with E-state index in [0.717, 1.165) is 19.6 Å². The summed E-state index contributed by atoms with van der Waals surface area (Å²) in [7, 11) is 2.10. The zero-order valence-corrected chi connectivity index (χ0v) is 16.2. The fourth-order valence-electron chi connectivity index (χ4n) is 2.90. The Morgan fingerprint density at radius 3 is 2.71 bits per heavy atom. The van der Waals surface area contributed by atoms with Gasteiger partial charge in [0, 0.05) is 37.6 Å². The summed E-state index contributed by atoms with van der Waals surface area (Å²) in [5.74, 6) is -0.205. The van der Waals surface area contributed by atoms with Gasteiger partial charge in [-0.05, 0) is 31.7 Å². The van der Waals surface area contributed by atoms with E-state index in [4.69, 9.17) is 5.26 Å². The number of carbonyl (C=O) groups is 1. The number of likely N-dealkylation sites (N-methyl/N-ethyl adjacent to an activating group) is 1. The van der Waals surface area contributed by atoms with Crippen molar-refractivity contribution in [2.24, 2.45) is 0 Å². The van der Waals surface area contributed by atoms with E-state index in [-0.39, 0.29) is 12.2 Å². The second kappa shape index (κ2) is 9.07. The third-order valence-electron chi connectivity index (χ3n) is 4.53. The van der Waals surface area contributed by atoms with Crippen LogP contribution in [0.25, 0.3) is 11.4 Å². The summed E-state index contributed by atoms with van der Waals surface area (Å²) in [4.78, 5) is 22.9. The van der Waals surface area contributed by atoms with Crippen molar-refractivity contribution in [1.82, 2.24) is 19.4 Å². The van der Waals surface area contributed by atoms with E-state index in [1.807, 2.05) is 16.8 Å². The molecule has 0 spiro atoms. The first-order valence-corrected chi connectivity index (χ1v) is 9.17. The number of nitriles is 1. The summed E-state index contributed by atoms with van der Waals surface area (Å²) < 4.78 is 2.02. The third-order valence-corrected chi connectivity index (χ3v) is 4.53. The minimum Gasteiger partial charge on any atom is -0.335 e. The first-order valence-electron chi connectivity index (χ1n) is 9.17. The van der Waals surface area contributed by atoms with E-state index >= 15 is 0 Å². The Hall–Kier alpha value is -3.30. The van der Waals surface area contributed by atoms with E-state index < -0.39 is 0 Å². The Morgan fingerprint density at radius 2 is 1.96 bits per heavy atom. The molecule has 28 heavy (non-hydrogen) atoms. The van der Waals surface area contributed by atoms with Crippen molar-refractivity contribution in [3.63, 3.8) is 0 Å². The third kappa shape index (κ3) is 5.12. The van der Waals surface area contributed by atoms with E-state index in [1.54, 1.807) is 24.7 Å². The molecule has 3 rings (SSSR count). The van der Waals surface area contributed by atoms with Gasteiger partial charge < -0.3 is 9.47 Å². The standard InChI is InChI=1S/C22H23N5O/c1-17-3-5-18(6-4-17)14-26(2)11-12-27-15-21(25-16-27)20-13-19(8-10-24-20)22(28)7-9-23/h3-6,8,10,13,15-16H,7,11-12,14H2,1-2H3. The maximum Gasteiger partial charge on any atom is 0.177 e. The van der Waals surface area contributed by atoms with Crippen molar-refractivity contribution in [3.05, 3.63) is 71.8 Å². The maximum absolute atomic E-state index is 11.9. The number of pyridine rings is 1. The number of imidazole rings is 1. The largest absolute Gasteiger partial charge is 0.335 e. The zero-order valence-electron chi connectivity index (χ0n) is 16.2. The van der Waals surface area contributed by atoms with Crippen LogP contribution in [0.5, 0.6) is 0 Å². The van der Waals surface area contributed by atoms with Gasteiger partial charge in [-0.25, -0.2) is 4.98 Å². The average molecular weight is 373 g/mol. The van der Waals surface area contributed by atoms with Gasteiger partial charge in [-0.2, -0.15) is 5.26 Å². The summed E-state index contributed by atoms with van der Waals surface area (Å²) in [5.41, 5.74) is 4.40. The van der Waals surface area contributed by atoms with Crippen molar-refractivity contribution in [3.8, 4) is 17.5 Å². The van der Waals surface area contributed by atoms with Crippen LogP contribution in [-0.4, -0.2) is 38.8 Å². The number of aryl methyl sites for hydroxylation is 1. The van der Waals surface area contributed by atoms with E-state index in [9.17, 15) is 4.79 Å². The van der Waals surface area contributed by atoms with Gasteiger partial charge in [0.2, 0.25) is 0 Å². The van der Waals surface area contributed by atoms with Gasteiger partial charge in [0.15, 0.2) is 5.78 Å². The Labute approximate surface area is 165 Å². The molecule has 142 valence electrons. The number of aromatic nitrogens is 3. The fourth-order valence-corrected chi connectivity index (χ4v) is 2.90. The first-order chi connectivity index (χ1) is 13.5. The van der Waals surface area contributed by atoms with Gasteiger partial charge in [0.05, 0.1) is 24.5 Å². The number of nitrogens with zero attached hydrogens (tertiary/aromatic N) is 5. The SMILES string of the molecule is Cc1ccc(CN(C)CCn2cnc(-c3cc(C(=O)CC#N)ccn3)c2)cc1. The molecule has 0 aliphatic rings. The summed E-state index contributed by atoms with van der Waals surface area (Å²) >= 11 is 0. The van der Waals surface area contributed by atoms with Crippen LogP contribution in [0.4, 0.5) is 0 Å².